The van der Waals surface area contributed by atoms with Crippen LogP contribution in [0.15, 0.2) is 11.8 Å². The Kier molecular flexibility index (Phi) is 3.98. The molecule has 106 valence electrons. The maximum Gasteiger partial charge on any atom is 0.374 e. The molecule has 3 atom stereocenters. The predicted molar refractivity (Wildman–Crippen MR) is 67.3 cm³/mol. The van der Waals surface area contributed by atoms with Crippen molar-refractivity contribution < 1.29 is 28.5 Å². The van der Waals surface area contributed by atoms with E-state index in [1.807, 2.05) is 0 Å². The van der Waals surface area contributed by atoms with Crippen molar-refractivity contribution in [2.24, 2.45) is 0 Å². The van der Waals surface area contributed by atoms with Crippen molar-refractivity contribution in [3.63, 3.8) is 0 Å². The number of alkyl halides is 1. The molecule has 0 aromatic heterocycles. The summed E-state index contributed by atoms with van der Waals surface area (Å²) in [4.78, 5) is 22.4. The van der Waals surface area contributed by atoms with E-state index in [1.54, 1.807) is 13.8 Å². The maximum atomic E-state index is 11.6. The average molecular weight is 335 g/mol. The monoisotopic (exact) mass is 334 g/mol. The fourth-order valence-corrected chi connectivity index (χ4v) is 2.59. The van der Waals surface area contributed by atoms with E-state index < -0.39 is 29.9 Å². The first-order valence-electron chi connectivity index (χ1n) is 5.85. The van der Waals surface area contributed by atoms with E-state index in [0.29, 0.717) is 5.33 Å². The van der Waals surface area contributed by atoms with Crippen LogP contribution in [0.25, 0.3) is 0 Å². The molecule has 2 aliphatic heterocycles. The maximum absolute atomic E-state index is 11.6. The topological polar surface area (TPSA) is 71.1 Å². The molecule has 2 rings (SSSR count). The van der Waals surface area contributed by atoms with Crippen molar-refractivity contribution >= 4 is 27.9 Å². The summed E-state index contributed by atoms with van der Waals surface area (Å²) in [7, 11) is 0. The molecule has 7 heteroatoms. The van der Waals surface area contributed by atoms with Crippen molar-refractivity contribution in [2.45, 2.75) is 44.9 Å². The average Bonchev–Trinajstić information content (AvgIpc) is 2.79. The van der Waals surface area contributed by atoms with Crippen LogP contribution in [0.3, 0.4) is 0 Å². The zero-order valence-corrected chi connectivity index (χ0v) is 12.4. The molecule has 0 amide bonds. The Bertz CT molecular complexity index is 430. The van der Waals surface area contributed by atoms with Crippen molar-refractivity contribution in [2.75, 3.05) is 5.33 Å². The lowest BCUT2D eigenvalue weighted by molar-refractivity contribution is -0.163. The largest absolute Gasteiger partial charge is 0.449 e. The van der Waals surface area contributed by atoms with Crippen molar-refractivity contribution in [3.8, 4) is 0 Å². The number of hydrogen-bond donors (Lipinski definition) is 0. The molecule has 2 aliphatic rings. The first kappa shape index (κ1) is 14.5. The third-order valence-corrected chi connectivity index (χ3v) is 3.35. The van der Waals surface area contributed by atoms with E-state index in [9.17, 15) is 9.59 Å². The van der Waals surface area contributed by atoms with Crippen LogP contribution in [0.5, 0.6) is 0 Å². The van der Waals surface area contributed by atoms with Gasteiger partial charge in [0.05, 0.1) is 0 Å². The second kappa shape index (κ2) is 5.22. The molecule has 0 radical (unpaired) electrons. The smallest absolute Gasteiger partial charge is 0.374 e. The molecule has 1 fully saturated rings. The van der Waals surface area contributed by atoms with Crippen LogP contribution in [0.1, 0.15) is 20.8 Å². The Morgan fingerprint density at radius 1 is 1.47 bits per heavy atom. The van der Waals surface area contributed by atoms with E-state index in [2.05, 4.69) is 15.9 Å². The number of carbonyl (C=O) groups excluding carboxylic acids is 2. The quantitative estimate of drug-likeness (QED) is 0.571. The number of rotatable bonds is 3. The Hall–Kier alpha value is -0.920. The number of esters is 2. The molecule has 0 saturated carbocycles. The summed E-state index contributed by atoms with van der Waals surface area (Å²) in [6, 6.07) is 0. The standard InChI is InChI=1S/C12H15BrO6/c1-6(14)16-8-4-7(17-11(8)15)10-9(5-13)18-12(2,3)19-10/h4,7,9-10H,5H2,1-3H3/t7-,9+,10+/m0/s1. The van der Waals surface area contributed by atoms with Crippen LogP contribution in [-0.4, -0.2) is 41.4 Å². The first-order valence-corrected chi connectivity index (χ1v) is 6.97. The molecule has 19 heavy (non-hydrogen) atoms. The van der Waals surface area contributed by atoms with Gasteiger partial charge in [0.1, 0.15) is 12.2 Å². The van der Waals surface area contributed by atoms with E-state index in [1.165, 1.54) is 13.0 Å². The Balaban J connectivity index is 2.13. The highest BCUT2D eigenvalue weighted by Crippen LogP contribution is 2.34. The summed E-state index contributed by atoms with van der Waals surface area (Å²) >= 11 is 3.33. The molecule has 1 saturated heterocycles. The lowest BCUT2D eigenvalue weighted by Gasteiger charge is -2.19. The minimum atomic E-state index is -0.743. The highest BCUT2D eigenvalue weighted by Gasteiger charge is 2.48. The number of ether oxygens (including phenoxy) is 4. The molecular formula is C12H15BrO6. The first-order chi connectivity index (χ1) is 8.82. The zero-order chi connectivity index (χ0) is 14.2. The van der Waals surface area contributed by atoms with Crippen molar-refractivity contribution in [3.05, 3.63) is 11.8 Å². The van der Waals surface area contributed by atoms with Crippen molar-refractivity contribution in [1.29, 1.82) is 0 Å². The van der Waals surface area contributed by atoms with E-state index in [4.69, 9.17) is 18.9 Å². The number of cyclic esters (lactones) is 1. The summed E-state index contributed by atoms with van der Waals surface area (Å²) < 4.78 is 21.3. The molecule has 0 aromatic rings. The van der Waals surface area contributed by atoms with Gasteiger partial charge >= 0.3 is 11.9 Å². The van der Waals surface area contributed by atoms with Crippen LogP contribution in [0, 0.1) is 0 Å². The summed E-state index contributed by atoms with van der Waals surface area (Å²) in [5, 5.41) is 0.548. The minimum absolute atomic E-state index is 0.0980. The molecule has 0 aromatic carbocycles. The van der Waals surface area contributed by atoms with Crippen LogP contribution >= 0.6 is 15.9 Å². The molecule has 0 spiro atoms. The van der Waals surface area contributed by atoms with Crippen LogP contribution < -0.4 is 0 Å². The third kappa shape index (κ3) is 3.16. The van der Waals surface area contributed by atoms with Gasteiger partial charge in [-0.15, -0.1) is 0 Å². The molecule has 2 heterocycles. The normalized spacial score (nSPS) is 32.9. The summed E-state index contributed by atoms with van der Waals surface area (Å²) in [5.41, 5.74) is 0. The molecule has 6 nitrogen and oxygen atoms in total. The molecular weight excluding hydrogens is 320 g/mol. The lowest BCUT2D eigenvalue weighted by atomic mass is 10.1. The molecule has 0 unspecified atom stereocenters. The van der Waals surface area contributed by atoms with Gasteiger partial charge in [-0.2, -0.15) is 0 Å². The highest BCUT2D eigenvalue weighted by molar-refractivity contribution is 9.09. The van der Waals surface area contributed by atoms with Crippen molar-refractivity contribution in [1.82, 2.24) is 0 Å². The third-order valence-electron chi connectivity index (χ3n) is 2.71. The van der Waals surface area contributed by atoms with Gasteiger partial charge < -0.3 is 18.9 Å². The second-order valence-electron chi connectivity index (χ2n) is 4.79. The second-order valence-corrected chi connectivity index (χ2v) is 5.43. The Morgan fingerprint density at radius 3 is 2.74 bits per heavy atom. The van der Waals surface area contributed by atoms with Gasteiger partial charge in [0.15, 0.2) is 11.9 Å². The van der Waals surface area contributed by atoms with Gasteiger partial charge in [0.2, 0.25) is 5.76 Å². The predicted octanol–water partition coefficient (Wildman–Crippen LogP) is 1.27. The molecule has 0 N–H and O–H groups in total. The van der Waals surface area contributed by atoms with E-state index >= 15 is 0 Å². The van der Waals surface area contributed by atoms with Gasteiger partial charge in [0, 0.05) is 18.3 Å². The fraction of sp³-hybridized carbons (Fsp3) is 0.667. The summed E-state index contributed by atoms with van der Waals surface area (Å²) in [6.07, 6.45) is 0.146. The minimum Gasteiger partial charge on any atom is -0.449 e. The fourth-order valence-electron chi connectivity index (χ4n) is 2.09. The molecule has 0 aliphatic carbocycles. The van der Waals surface area contributed by atoms with Crippen LogP contribution in [-0.2, 0) is 28.5 Å². The van der Waals surface area contributed by atoms with Crippen LogP contribution in [0.4, 0.5) is 0 Å². The number of hydrogen-bond acceptors (Lipinski definition) is 6. The Labute approximate surface area is 119 Å². The van der Waals surface area contributed by atoms with Gasteiger partial charge in [0.25, 0.3) is 0 Å². The van der Waals surface area contributed by atoms with Crippen LogP contribution in [0.2, 0.25) is 0 Å². The van der Waals surface area contributed by atoms with Gasteiger partial charge in [-0.25, -0.2) is 4.79 Å². The van der Waals surface area contributed by atoms with Gasteiger partial charge in [-0.3, -0.25) is 4.79 Å². The van der Waals surface area contributed by atoms with Gasteiger partial charge in [-0.1, -0.05) is 15.9 Å². The SMILES string of the molecule is CC(=O)OC1=C[C@@H]([C@H]2OC(C)(C)O[C@@H]2CBr)OC1=O. The zero-order valence-electron chi connectivity index (χ0n) is 10.8. The summed E-state index contributed by atoms with van der Waals surface area (Å²) in [5.74, 6) is -2.07. The van der Waals surface area contributed by atoms with Gasteiger partial charge in [-0.05, 0) is 13.8 Å². The molecule has 0 bridgehead atoms. The Morgan fingerprint density at radius 2 is 2.16 bits per heavy atom. The lowest BCUT2D eigenvalue weighted by Crippen LogP contribution is -2.36. The number of carbonyl (C=O) groups is 2. The van der Waals surface area contributed by atoms with E-state index in [-0.39, 0.29) is 11.9 Å². The highest BCUT2D eigenvalue weighted by atomic mass is 79.9. The number of halogens is 1. The van der Waals surface area contributed by atoms with E-state index in [0.717, 1.165) is 0 Å². The summed E-state index contributed by atoms with van der Waals surface area (Å²) in [6.45, 7) is 4.80.